The monoisotopic (exact) mass is 307 g/mol. The third kappa shape index (κ3) is 1.77. The number of carbonyl (C=O) groups is 1. The molecular formula is C20H21NO2. The summed E-state index contributed by atoms with van der Waals surface area (Å²) < 4.78 is 5.29. The zero-order valence-corrected chi connectivity index (χ0v) is 13.3. The van der Waals surface area contributed by atoms with E-state index >= 15 is 0 Å². The number of fused-ring (bicyclic) bond motifs is 3. The van der Waals surface area contributed by atoms with E-state index in [2.05, 4.69) is 41.7 Å². The van der Waals surface area contributed by atoms with Gasteiger partial charge in [0.15, 0.2) is 0 Å². The predicted molar refractivity (Wildman–Crippen MR) is 89.1 cm³/mol. The van der Waals surface area contributed by atoms with Crippen LogP contribution in [0, 0.1) is 5.41 Å². The zero-order chi connectivity index (χ0) is 15.9. The van der Waals surface area contributed by atoms with Crippen molar-refractivity contribution in [1.82, 2.24) is 5.32 Å². The van der Waals surface area contributed by atoms with Gasteiger partial charge in [-0.15, -0.1) is 0 Å². The molecule has 118 valence electrons. The third-order valence-corrected chi connectivity index (χ3v) is 5.58. The molecule has 0 unspecified atom stereocenters. The summed E-state index contributed by atoms with van der Waals surface area (Å²) in [5.41, 5.74) is 2.56. The van der Waals surface area contributed by atoms with Crippen LogP contribution in [0.3, 0.4) is 0 Å². The van der Waals surface area contributed by atoms with E-state index in [1.165, 1.54) is 18.2 Å². The first kappa shape index (κ1) is 14.5. The molecule has 0 amide bonds. The lowest BCUT2D eigenvalue weighted by Crippen LogP contribution is -2.61. The van der Waals surface area contributed by atoms with Crippen LogP contribution in [0.1, 0.15) is 29.5 Å². The van der Waals surface area contributed by atoms with Gasteiger partial charge in [0, 0.05) is 0 Å². The lowest BCUT2D eigenvalue weighted by Gasteiger charge is -2.49. The van der Waals surface area contributed by atoms with Gasteiger partial charge in [-0.25, -0.2) is 0 Å². The number of hydrogen-bond donors (Lipinski definition) is 1. The van der Waals surface area contributed by atoms with Gasteiger partial charge in [-0.1, -0.05) is 54.6 Å². The van der Waals surface area contributed by atoms with Crippen LogP contribution in [-0.4, -0.2) is 19.6 Å². The summed E-state index contributed by atoms with van der Waals surface area (Å²) in [6.45, 7) is 0.905. The first-order chi connectivity index (χ1) is 11.2. The number of ether oxygens (including phenoxy) is 1. The third-order valence-electron chi connectivity index (χ3n) is 5.58. The van der Waals surface area contributed by atoms with E-state index in [0.29, 0.717) is 0 Å². The van der Waals surface area contributed by atoms with E-state index in [-0.39, 0.29) is 5.97 Å². The number of carbonyl (C=O) groups excluding carboxylic acids is 1. The zero-order valence-electron chi connectivity index (χ0n) is 13.3. The summed E-state index contributed by atoms with van der Waals surface area (Å²) in [6, 6.07) is 18.8. The lowest BCUT2D eigenvalue weighted by atomic mass is 9.62. The molecule has 23 heavy (non-hydrogen) atoms. The standard InChI is InChI=1S/C20H21NO2/c1-23-18(22)19-12-7-13-21-20(19,16-9-3-2-4-10-16)17-11-6-5-8-15(17)14-19/h2-6,8-11,21H,7,12-14H2,1H3/t19-,20+/m0/s1. The van der Waals surface area contributed by atoms with Gasteiger partial charge in [-0.3, -0.25) is 4.79 Å². The molecule has 1 heterocycles. The highest BCUT2D eigenvalue weighted by molar-refractivity contribution is 5.83. The minimum Gasteiger partial charge on any atom is -0.469 e. The molecule has 4 rings (SSSR count). The van der Waals surface area contributed by atoms with E-state index in [1.807, 2.05) is 18.2 Å². The molecule has 1 fully saturated rings. The fourth-order valence-electron chi connectivity index (χ4n) is 4.71. The Labute approximate surface area is 136 Å². The molecule has 1 aliphatic carbocycles. The van der Waals surface area contributed by atoms with Crippen molar-refractivity contribution >= 4 is 5.97 Å². The molecule has 3 heteroatoms. The van der Waals surface area contributed by atoms with E-state index in [9.17, 15) is 4.79 Å². The highest BCUT2D eigenvalue weighted by Crippen LogP contribution is 2.58. The van der Waals surface area contributed by atoms with Crippen molar-refractivity contribution in [1.29, 1.82) is 0 Å². The van der Waals surface area contributed by atoms with Gasteiger partial charge in [0.05, 0.1) is 18.1 Å². The minimum absolute atomic E-state index is 0.107. The Kier molecular flexibility index (Phi) is 3.27. The van der Waals surface area contributed by atoms with Crippen molar-refractivity contribution < 1.29 is 9.53 Å². The Balaban J connectivity index is 2.03. The van der Waals surface area contributed by atoms with Gasteiger partial charge in [0.25, 0.3) is 0 Å². The summed E-state index contributed by atoms with van der Waals surface area (Å²) in [4.78, 5) is 13.0. The van der Waals surface area contributed by atoms with Gasteiger partial charge in [-0.05, 0) is 42.5 Å². The molecule has 2 aromatic rings. The maximum absolute atomic E-state index is 13.0. The molecule has 3 nitrogen and oxygen atoms in total. The maximum Gasteiger partial charge on any atom is 0.314 e. The predicted octanol–water partition coefficient (Wildman–Crippen LogP) is 3.03. The van der Waals surface area contributed by atoms with E-state index < -0.39 is 11.0 Å². The van der Waals surface area contributed by atoms with Crippen LogP contribution in [0.2, 0.25) is 0 Å². The molecule has 2 aromatic carbocycles. The van der Waals surface area contributed by atoms with Crippen LogP contribution in [-0.2, 0) is 21.5 Å². The Morgan fingerprint density at radius 2 is 1.83 bits per heavy atom. The second kappa shape index (κ2) is 5.20. The van der Waals surface area contributed by atoms with Gasteiger partial charge < -0.3 is 10.1 Å². The van der Waals surface area contributed by atoms with Crippen molar-refractivity contribution in [3.63, 3.8) is 0 Å². The first-order valence-electron chi connectivity index (χ1n) is 8.22. The van der Waals surface area contributed by atoms with E-state index in [0.717, 1.165) is 31.4 Å². The van der Waals surface area contributed by atoms with Crippen LogP contribution in [0.15, 0.2) is 54.6 Å². The van der Waals surface area contributed by atoms with Crippen molar-refractivity contribution in [3.05, 3.63) is 71.3 Å². The van der Waals surface area contributed by atoms with Gasteiger partial charge in [0.1, 0.15) is 0 Å². The topological polar surface area (TPSA) is 38.3 Å². The summed E-state index contributed by atoms with van der Waals surface area (Å²) in [6.07, 6.45) is 2.56. The van der Waals surface area contributed by atoms with Crippen molar-refractivity contribution in [2.45, 2.75) is 24.8 Å². The maximum atomic E-state index is 13.0. The molecule has 2 atom stereocenters. The van der Waals surface area contributed by atoms with Gasteiger partial charge in [-0.2, -0.15) is 0 Å². The van der Waals surface area contributed by atoms with Gasteiger partial charge >= 0.3 is 5.97 Å². The number of esters is 1. The van der Waals surface area contributed by atoms with Crippen LogP contribution >= 0.6 is 0 Å². The van der Waals surface area contributed by atoms with Crippen molar-refractivity contribution in [2.24, 2.45) is 5.41 Å². The number of hydrogen-bond acceptors (Lipinski definition) is 3. The van der Waals surface area contributed by atoms with E-state index in [4.69, 9.17) is 4.74 Å². The number of methoxy groups -OCH3 is 1. The van der Waals surface area contributed by atoms with Crippen LogP contribution < -0.4 is 5.32 Å². The Morgan fingerprint density at radius 1 is 1.09 bits per heavy atom. The molecule has 1 N–H and O–H groups in total. The molecular weight excluding hydrogens is 286 g/mol. The van der Waals surface area contributed by atoms with Crippen LogP contribution in [0.25, 0.3) is 0 Å². The SMILES string of the molecule is COC(=O)[C@@]12CCCN[C@]1(c1ccccc1)c1ccccc1C2. The Morgan fingerprint density at radius 3 is 2.61 bits per heavy atom. The number of benzene rings is 2. The number of nitrogens with one attached hydrogen (secondary N) is 1. The first-order valence-corrected chi connectivity index (χ1v) is 8.22. The lowest BCUT2D eigenvalue weighted by molar-refractivity contribution is -0.159. The average Bonchev–Trinajstić information content (AvgIpc) is 2.94. The molecule has 0 bridgehead atoms. The molecule has 2 aliphatic rings. The molecule has 0 radical (unpaired) electrons. The Hall–Kier alpha value is -2.13. The fraction of sp³-hybridized carbons (Fsp3) is 0.350. The molecule has 0 aromatic heterocycles. The summed E-state index contributed by atoms with van der Waals surface area (Å²) in [7, 11) is 1.50. The number of rotatable bonds is 2. The highest BCUT2D eigenvalue weighted by Gasteiger charge is 2.64. The average molecular weight is 307 g/mol. The minimum atomic E-state index is -0.564. The normalized spacial score (nSPS) is 28.7. The second-order valence-corrected chi connectivity index (χ2v) is 6.55. The summed E-state index contributed by atoms with van der Waals surface area (Å²) in [5, 5.41) is 3.72. The van der Waals surface area contributed by atoms with Crippen molar-refractivity contribution in [3.8, 4) is 0 Å². The molecule has 1 aliphatic heterocycles. The van der Waals surface area contributed by atoms with Crippen LogP contribution in [0.5, 0.6) is 0 Å². The molecule has 1 saturated heterocycles. The fourth-order valence-corrected chi connectivity index (χ4v) is 4.71. The number of piperidine rings is 1. The smallest absolute Gasteiger partial charge is 0.314 e. The van der Waals surface area contributed by atoms with Gasteiger partial charge in [0.2, 0.25) is 0 Å². The highest BCUT2D eigenvalue weighted by atomic mass is 16.5. The second-order valence-electron chi connectivity index (χ2n) is 6.55. The van der Waals surface area contributed by atoms with Crippen molar-refractivity contribution in [2.75, 3.05) is 13.7 Å². The quantitative estimate of drug-likeness (QED) is 0.867. The molecule has 0 spiro atoms. The Bertz CT molecular complexity index is 742. The summed E-state index contributed by atoms with van der Waals surface area (Å²) in [5.74, 6) is -0.107. The summed E-state index contributed by atoms with van der Waals surface area (Å²) >= 11 is 0. The van der Waals surface area contributed by atoms with E-state index in [1.54, 1.807) is 0 Å². The van der Waals surface area contributed by atoms with Crippen LogP contribution in [0.4, 0.5) is 0 Å². The largest absolute Gasteiger partial charge is 0.469 e. The molecule has 0 saturated carbocycles.